The van der Waals surface area contributed by atoms with Gasteiger partial charge in [-0.15, -0.1) is 24.8 Å². The molecule has 2 heterocycles. The Morgan fingerprint density at radius 3 is 2.85 bits per heavy atom. The summed E-state index contributed by atoms with van der Waals surface area (Å²) in [5.41, 5.74) is 0.150. The molecule has 0 aliphatic carbocycles. The van der Waals surface area contributed by atoms with Crippen LogP contribution in [0.15, 0.2) is 28.8 Å². The van der Waals surface area contributed by atoms with Gasteiger partial charge in [0.05, 0.1) is 11.8 Å². The zero-order valence-electron chi connectivity index (χ0n) is 14.2. The highest BCUT2D eigenvalue weighted by Crippen LogP contribution is 2.24. The topological polar surface area (TPSA) is 58.4 Å². The van der Waals surface area contributed by atoms with Gasteiger partial charge in [-0.05, 0) is 19.1 Å². The van der Waals surface area contributed by atoms with E-state index in [1.165, 1.54) is 12.3 Å². The van der Waals surface area contributed by atoms with E-state index in [-0.39, 0.29) is 48.1 Å². The molecule has 1 unspecified atom stereocenters. The van der Waals surface area contributed by atoms with Crippen LogP contribution in [0.3, 0.4) is 0 Å². The quantitative estimate of drug-likeness (QED) is 0.844. The van der Waals surface area contributed by atoms with Crippen LogP contribution in [-0.4, -0.2) is 41.5 Å². The number of halogens is 4. The number of piperazine rings is 1. The highest BCUT2D eigenvalue weighted by atomic mass is 35.5. The van der Waals surface area contributed by atoms with E-state index in [9.17, 15) is 13.6 Å². The summed E-state index contributed by atoms with van der Waals surface area (Å²) < 4.78 is 32.2. The molecule has 3 rings (SSSR count). The SMILES string of the molecule is CC1CN(C(=O)CCc2ncc(-c3ccc(F)cc3F)o2)CCN1.Cl.Cl. The van der Waals surface area contributed by atoms with Crippen LogP contribution in [-0.2, 0) is 11.2 Å². The summed E-state index contributed by atoms with van der Waals surface area (Å²) in [5.74, 6) is -0.706. The Morgan fingerprint density at radius 2 is 2.15 bits per heavy atom. The molecule has 1 saturated heterocycles. The maximum atomic E-state index is 13.7. The Morgan fingerprint density at radius 1 is 1.38 bits per heavy atom. The molecule has 1 aliphatic rings. The Hall–Kier alpha value is -1.70. The largest absolute Gasteiger partial charge is 0.441 e. The van der Waals surface area contributed by atoms with Crippen molar-refractivity contribution in [2.45, 2.75) is 25.8 Å². The summed E-state index contributed by atoms with van der Waals surface area (Å²) in [6.07, 6.45) is 2.03. The molecule has 1 amide bonds. The van der Waals surface area contributed by atoms with E-state index in [4.69, 9.17) is 4.42 Å². The number of hydrogen-bond donors (Lipinski definition) is 1. The van der Waals surface area contributed by atoms with Crippen molar-refractivity contribution in [3.8, 4) is 11.3 Å². The second-order valence-corrected chi connectivity index (χ2v) is 5.94. The van der Waals surface area contributed by atoms with Crippen LogP contribution in [0, 0.1) is 11.6 Å². The first kappa shape index (κ1) is 22.3. The third-order valence-electron chi connectivity index (χ3n) is 4.02. The van der Waals surface area contributed by atoms with Gasteiger partial charge < -0.3 is 14.6 Å². The summed E-state index contributed by atoms with van der Waals surface area (Å²) in [6.45, 7) is 4.22. The molecule has 144 valence electrons. The second kappa shape index (κ2) is 9.85. The molecule has 2 aromatic rings. The van der Waals surface area contributed by atoms with Crippen molar-refractivity contribution in [3.05, 3.63) is 41.9 Å². The number of amides is 1. The number of benzene rings is 1. The Bertz CT molecular complexity index is 743. The van der Waals surface area contributed by atoms with Gasteiger partial charge in [0.25, 0.3) is 0 Å². The van der Waals surface area contributed by atoms with E-state index < -0.39 is 11.6 Å². The predicted molar refractivity (Wildman–Crippen MR) is 98.7 cm³/mol. The Labute approximate surface area is 163 Å². The fraction of sp³-hybridized carbons (Fsp3) is 0.412. The Kier molecular flexibility index (Phi) is 8.46. The third-order valence-corrected chi connectivity index (χ3v) is 4.02. The van der Waals surface area contributed by atoms with E-state index >= 15 is 0 Å². The van der Waals surface area contributed by atoms with Crippen molar-refractivity contribution in [2.75, 3.05) is 19.6 Å². The van der Waals surface area contributed by atoms with Gasteiger partial charge in [-0.2, -0.15) is 0 Å². The van der Waals surface area contributed by atoms with Gasteiger partial charge in [-0.25, -0.2) is 13.8 Å². The normalized spacial score (nSPS) is 16.6. The maximum Gasteiger partial charge on any atom is 0.223 e. The van der Waals surface area contributed by atoms with Gasteiger partial charge in [0, 0.05) is 44.6 Å². The number of aromatic nitrogens is 1. The lowest BCUT2D eigenvalue weighted by molar-refractivity contribution is -0.132. The molecule has 1 aromatic carbocycles. The van der Waals surface area contributed by atoms with E-state index in [1.807, 2.05) is 11.8 Å². The molecule has 1 aliphatic heterocycles. The summed E-state index contributed by atoms with van der Waals surface area (Å²) in [6, 6.07) is 3.56. The van der Waals surface area contributed by atoms with Gasteiger partial charge in [0.15, 0.2) is 11.7 Å². The lowest BCUT2D eigenvalue weighted by atomic mass is 10.2. The summed E-state index contributed by atoms with van der Waals surface area (Å²) in [4.78, 5) is 18.1. The van der Waals surface area contributed by atoms with Crippen molar-refractivity contribution < 1.29 is 18.0 Å². The summed E-state index contributed by atoms with van der Waals surface area (Å²) in [7, 11) is 0. The number of rotatable bonds is 4. The maximum absolute atomic E-state index is 13.7. The molecule has 1 fully saturated rings. The number of hydrogen-bond acceptors (Lipinski definition) is 4. The monoisotopic (exact) mass is 407 g/mol. The van der Waals surface area contributed by atoms with Crippen molar-refractivity contribution >= 4 is 30.7 Å². The molecule has 0 spiro atoms. The van der Waals surface area contributed by atoms with Crippen LogP contribution in [0.1, 0.15) is 19.2 Å². The number of nitrogens with one attached hydrogen (secondary N) is 1. The Balaban J connectivity index is 0.00000169. The molecule has 0 radical (unpaired) electrons. The summed E-state index contributed by atoms with van der Waals surface area (Å²) >= 11 is 0. The number of nitrogens with zero attached hydrogens (tertiary/aromatic N) is 2. The van der Waals surface area contributed by atoms with E-state index in [2.05, 4.69) is 10.3 Å². The third kappa shape index (κ3) is 5.40. The summed E-state index contributed by atoms with van der Waals surface area (Å²) in [5, 5.41) is 3.28. The van der Waals surface area contributed by atoms with Crippen molar-refractivity contribution in [2.24, 2.45) is 0 Å². The molecule has 26 heavy (non-hydrogen) atoms. The predicted octanol–water partition coefficient (Wildman–Crippen LogP) is 3.22. The van der Waals surface area contributed by atoms with E-state index in [1.54, 1.807) is 0 Å². The first-order valence-corrected chi connectivity index (χ1v) is 7.94. The molecule has 0 saturated carbocycles. The highest BCUT2D eigenvalue weighted by Gasteiger charge is 2.21. The van der Waals surface area contributed by atoms with E-state index in [0.717, 1.165) is 18.7 Å². The fourth-order valence-electron chi connectivity index (χ4n) is 2.77. The molecular weight excluding hydrogens is 387 g/mol. The lowest BCUT2D eigenvalue weighted by Gasteiger charge is -2.31. The van der Waals surface area contributed by atoms with Gasteiger partial charge >= 0.3 is 0 Å². The van der Waals surface area contributed by atoms with Crippen LogP contribution in [0.5, 0.6) is 0 Å². The van der Waals surface area contributed by atoms with Crippen LogP contribution in [0.25, 0.3) is 11.3 Å². The molecule has 1 atom stereocenters. The van der Waals surface area contributed by atoms with Gasteiger partial charge in [-0.1, -0.05) is 0 Å². The molecule has 9 heteroatoms. The standard InChI is InChI=1S/C17H19F2N3O2.2ClH/c1-11-10-22(7-6-20-11)17(23)5-4-16-21-9-15(24-16)13-3-2-12(18)8-14(13)19;;/h2-3,8-9,11,20H,4-7,10H2,1H3;2*1H. The van der Waals surface area contributed by atoms with Crippen LogP contribution < -0.4 is 5.32 Å². The zero-order chi connectivity index (χ0) is 17.1. The van der Waals surface area contributed by atoms with Crippen molar-refractivity contribution in [1.29, 1.82) is 0 Å². The lowest BCUT2D eigenvalue weighted by Crippen LogP contribution is -2.51. The average Bonchev–Trinajstić information content (AvgIpc) is 3.01. The molecule has 5 nitrogen and oxygen atoms in total. The molecule has 0 bridgehead atoms. The second-order valence-electron chi connectivity index (χ2n) is 5.94. The first-order valence-electron chi connectivity index (χ1n) is 7.94. The van der Waals surface area contributed by atoms with Crippen molar-refractivity contribution in [1.82, 2.24) is 15.2 Å². The molecular formula is C17H21Cl2F2N3O2. The molecule has 1 N–H and O–H groups in total. The van der Waals surface area contributed by atoms with Crippen LogP contribution in [0.2, 0.25) is 0 Å². The fourth-order valence-corrected chi connectivity index (χ4v) is 2.77. The van der Waals surface area contributed by atoms with Crippen molar-refractivity contribution in [3.63, 3.8) is 0 Å². The minimum Gasteiger partial charge on any atom is -0.441 e. The number of aryl methyl sites for hydroxylation is 1. The minimum atomic E-state index is -0.705. The van der Waals surface area contributed by atoms with Gasteiger partial charge in [0.2, 0.25) is 5.91 Å². The van der Waals surface area contributed by atoms with Crippen LogP contribution >= 0.6 is 24.8 Å². The van der Waals surface area contributed by atoms with Crippen LogP contribution in [0.4, 0.5) is 8.78 Å². The average molecular weight is 408 g/mol. The highest BCUT2D eigenvalue weighted by molar-refractivity contribution is 5.85. The number of oxazole rings is 1. The zero-order valence-corrected chi connectivity index (χ0v) is 15.8. The number of carbonyl (C=O) groups is 1. The van der Waals surface area contributed by atoms with Gasteiger partial charge in [0.1, 0.15) is 11.6 Å². The molecule has 1 aromatic heterocycles. The minimum absolute atomic E-state index is 0. The smallest absolute Gasteiger partial charge is 0.223 e. The van der Waals surface area contributed by atoms with E-state index in [0.29, 0.717) is 31.8 Å². The first-order chi connectivity index (χ1) is 11.5. The van der Waals surface area contributed by atoms with Gasteiger partial charge in [-0.3, -0.25) is 4.79 Å². The number of carbonyl (C=O) groups excluding carboxylic acids is 1.